The van der Waals surface area contributed by atoms with E-state index in [1.807, 2.05) is 18.2 Å². The van der Waals surface area contributed by atoms with Crippen LogP contribution in [0.4, 0.5) is 0 Å². The molecule has 2 nitrogen and oxygen atoms in total. The van der Waals surface area contributed by atoms with Crippen molar-refractivity contribution < 1.29 is 0 Å². The van der Waals surface area contributed by atoms with Gasteiger partial charge in [0, 0.05) is 22.5 Å². The minimum atomic E-state index is 0.573. The van der Waals surface area contributed by atoms with Gasteiger partial charge in [-0.25, -0.2) is 4.99 Å². The summed E-state index contributed by atoms with van der Waals surface area (Å²) < 4.78 is 0. The largest absolute Gasteiger partial charge is 0.359 e. The molecular formula is C17H17ClN2. The summed E-state index contributed by atoms with van der Waals surface area (Å²) >= 11 is 6.21. The van der Waals surface area contributed by atoms with Gasteiger partial charge in [0.15, 0.2) is 0 Å². The number of rotatable bonds is 2. The summed E-state index contributed by atoms with van der Waals surface area (Å²) in [6.45, 7) is 6.45. The summed E-state index contributed by atoms with van der Waals surface area (Å²) in [4.78, 5) is 7.93. The number of benzene rings is 1. The molecule has 0 atom stereocenters. The van der Waals surface area contributed by atoms with E-state index in [2.05, 4.69) is 42.9 Å². The molecule has 0 bridgehead atoms. The van der Waals surface area contributed by atoms with Gasteiger partial charge < -0.3 is 4.98 Å². The second kappa shape index (κ2) is 4.95. The lowest BCUT2D eigenvalue weighted by Gasteiger charge is -2.00. The molecule has 0 spiro atoms. The zero-order valence-corrected chi connectivity index (χ0v) is 12.7. The Kier molecular flexibility index (Phi) is 3.27. The minimum absolute atomic E-state index is 0.573. The van der Waals surface area contributed by atoms with Crippen molar-refractivity contribution in [1.29, 1.82) is 0 Å². The van der Waals surface area contributed by atoms with Gasteiger partial charge in [-0.1, -0.05) is 42.8 Å². The molecule has 1 aliphatic rings. The third kappa shape index (κ3) is 2.01. The fourth-order valence-electron chi connectivity index (χ4n) is 2.85. The lowest BCUT2D eigenvalue weighted by Crippen LogP contribution is -1.87. The lowest BCUT2D eigenvalue weighted by atomic mass is 10.0. The van der Waals surface area contributed by atoms with Crippen LogP contribution in [-0.4, -0.2) is 10.2 Å². The highest BCUT2D eigenvalue weighted by atomic mass is 35.5. The van der Waals surface area contributed by atoms with E-state index in [9.17, 15) is 0 Å². The molecule has 1 aliphatic heterocycles. The highest BCUT2D eigenvalue weighted by molar-refractivity contribution is 6.71. The van der Waals surface area contributed by atoms with E-state index in [1.54, 1.807) is 0 Å². The summed E-state index contributed by atoms with van der Waals surface area (Å²) in [7, 11) is 0. The number of fused-ring (bicyclic) bond motifs is 1. The van der Waals surface area contributed by atoms with Crippen LogP contribution in [0.2, 0.25) is 0 Å². The van der Waals surface area contributed by atoms with Crippen LogP contribution in [-0.2, 0) is 6.42 Å². The fourth-order valence-corrected chi connectivity index (χ4v) is 3.10. The van der Waals surface area contributed by atoms with Gasteiger partial charge in [0.2, 0.25) is 0 Å². The van der Waals surface area contributed by atoms with E-state index in [4.69, 9.17) is 11.6 Å². The van der Waals surface area contributed by atoms with Gasteiger partial charge >= 0.3 is 0 Å². The maximum absolute atomic E-state index is 6.21. The van der Waals surface area contributed by atoms with Gasteiger partial charge in [-0.2, -0.15) is 0 Å². The van der Waals surface area contributed by atoms with Gasteiger partial charge in [0.25, 0.3) is 0 Å². The van der Waals surface area contributed by atoms with Crippen LogP contribution < -0.4 is 0 Å². The van der Waals surface area contributed by atoms with E-state index in [1.165, 1.54) is 16.8 Å². The molecule has 0 fully saturated rings. The molecule has 0 unspecified atom stereocenters. The highest BCUT2D eigenvalue weighted by Gasteiger charge is 2.19. The first-order valence-corrected chi connectivity index (χ1v) is 7.23. The molecule has 1 N–H and O–H groups in total. The van der Waals surface area contributed by atoms with Crippen molar-refractivity contribution in [2.45, 2.75) is 27.2 Å². The van der Waals surface area contributed by atoms with E-state index >= 15 is 0 Å². The second-order valence-electron chi connectivity index (χ2n) is 5.10. The first-order chi connectivity index (χ1) is 9.61. The standard InChI is InChI=1S/C17H17ClN2/c1-4-12-10(2)15(19-11(12)3)9-16-13-7-5-6-8-14(13)17(18)20-16/h5-9,19H,4H2,1-3H3/b16-9-. The number of hydrogen-bond donors (Lipinski definition) is 1. The maximum Gasteiger partial charge on any atom is 0.137 e. The quantitative estimate of drug-likeness (QED) is 0.829. The normalized spacial score (nSPS) is 15.6. The molecule has 0 amide bonds. The average molecular weight is 285 g/mol. The summed E-state index contributed by atoms with van der Waals surface area (Å²) in [6, 6.07) is 8.07. The monoisotopic (exact) mass is 284 g/mol. The molecule has 0 saturated heterocycles. The van der Waals surface area contributed by atoms with E-state index in [0.717, 1.165) is 28.9 Å². The Labute approximate surface area is 124 Å². The van der Waals surface area contributed by atoms with Gasteiger partial charge in [-0.3, -0.25) is 0 Å². The Hall–Kier alpha value is -1.80. The molecule has 1 aromatic carbocycles. The Bertz CT molecular complexity index is 735. The molecule has 20 heavy (non-hydrogen) atoms. The molecule has 0 aliphatic carbocycles. The summed E-state index contributed by atoms with van der Waals surface area (Å²) in [5.41, 5.74) is 8.08. The van der Waals surface area contributed by atoms with Crippen LogP contribution in [0.25, 0.3) is 11.8 Å². The smallest absolute Gasteiger partial charge is 0.137 e. The van der Waals surface area contributed by atoms with Gasteiger partial charge in [-0.15, -0.1) is 0 Å². The van der Waals surface area contributed by atoms with Crippen molar-refractivity contribution in [3.05, 3.63) is 57.9 Å². The minimum Gasteiger partial charge on any atom is -0.359 e. The van der Waals surface area contributed by atoms with E-state index in [-0.39, 0.29) is 0 Å². The van der Waals surface area contributed by atoms with Crippen molar-refractivity contribution in [3.8, 4) is 0 Å². The number of aromatic nitrogens is 1. The molecule has 0 saturated carbocycles. The first kappa shape index (κ1) is 13.2. The topological polar surface area (TPSA) is 28.1 Å². The number of nitrogens with zero attached hydrogens (tertiary/aromatic N) is 1. The zero-order chi connectivity index (χ0) is 14.3. The Morgan fingerprint density at radius 3 is 2.55 bits per heavy atom. The van der Waals surface area contributed by atoms with Gasteiger partial charge in [-0.05, 0) is 37.5 Å². The molecule has 3 rings (SSSR count). The number of H-pyrrole nitrogens is 1. The zero-order valence-electron chi connectivity index (χ0n) is 11.9. The Morgan fingerprint density at radius 1 is 1.20 bits per heavy atom. The van der Waals surface area contributed by atoms with E-state index < -0.39 is 0 Å². The number of aliphatic imine (C=N–C) groups is 1. The molecule has 2 heterocycles. The molecule has 2 aromatic rings. The Balaban J connectivity index is 2.11. The second-order valence-corrected chi connectivity index (χ2v) is 5.46. The van der Waals surface area contributed by atoms with Crippen molar-refractivity contribution in [3.63, 3.8) is 0 Å². The molecular weight excluding hydrogens is 268 g/mol. The van der Waals surface area contributed by atoms with Crippen molar-refractivity contribution in [1.82, 2.24) is 4.98 Å². The van der Waals surface area contributed by atoms with Crippen LogP contribution in [0.3, 0.4) is 0 Å². The van der Waals surface area contributed by atoms with Crippen molar-refractivity contribution in [2.24, 2.45) is 4.99 Å². The van der Waals surface area contributed by atoms with Crippen LogP contribution in [0.1, 0.15) is 40.6 Å². The predicted molar refractivity (Wildman–Crippen MR) is 86.3 cm³/mol. The summed E-state index contributed by atoms with van der Waals surface area (Å²) in [5, 5.41) is 0.573. The predicted octanol–water partition coefficient (Wildman–Crippen LogP) is 4.69. The molecule has 0 radical (unpaired) electrons. The summed E-state index contributed by atoms with van der Waals surface area (Å²) in [5.74, 6) is 0. The third-order valence-electron chi connectivity index (χ3n) is 3.91. The van der Waals surface area contributed by atoms with Crippen molar-refractivity contribution >= 4 is 28.5 Å². The summed E-state index contributed by atoms with van der Waals surface area (Å²) in [6.07, 6.45) is 3.13. The van der Waals surface area contributed by atoms with Crippen LogP contribution >= 0.6 is 11.6 Å². The highest BCUT2D eigenvalue weighted by Crippen LogP contribution is 2.32. The number of aromatic amines is 1. The first-order valence-electron chi connectivity index (χ1n) is 6.85. The third-order valence-corrected chi connectivity index (χ3v) is 4.20. The SMILES string of the molecule is CCc1c(C)[nH]c(/C=C2\N=C(Cl)c3ccccc32)c1C. The number of aryl methyl sites for hydroxylation is 1. The Morgan fingerprint density at radius 2 is 1.90 bits per heavy atom. The van der Waals surface area contributed by atoms with Gasteiger partial charge in [0.05, 0.1) is 5.70 Å². The fraction of sp³-hybridized carbons (Fsp3) is 0.235. The average Bonchev–Trinajstić information content (AvgIpc) is 2.89. The maximum atomic E-state index is 6.21. The van der Waals surface area contributed by atoms with Crippen LogP contribution in [0, 0.1) is 13.8 Å². The molecule has 1 aromatic heterocycles. The molecule has 102 valence electrons. The lowest BCUT2D eigenvalue weighted by molar-refractivity contribution is 1.08. The van der Waals surface area contributed by atoms with Gasteiger partial charge in [0.1, 0.15) is 5.17 Å². The number of halogens is 1. The number of hydrogen-bond acceptors (Lipinski definition) is 1. The van der Waals surface area contributed by atoms with Crippen molar-refractivity contribution in [2.75, 3.05) is 0 Å². The van der Waals surface area contributed by atoms with Crippen LogP contribution in [0.15, 0.2) is 29.3 Å². The van der Waals surface area contributed by atoms with Crippen LogP contribution in [0.5, 0.6) is 0 Å². The number of nitrogens with one attached hydrogen (secondary N) is 1. The molecule has 3 heteroatoms. The van der Waals surface area contributed by atoms with E-state index in [0.29, 0.717) is 5.17 Å².